The molecule has 0 amide bonds. The fourth-order valence-electron chi connectivity index (χ4n) is 1.47. The third-order valence-electron chi connectivity index (χ3n) is 2.44. The zero-order valence-corrected chi connectivity index (χ0v) is 12.4. The summed E-state index contributed by atoms with van der Waals surface area (Å²) in [6.45, 7) is 0. The van der Waals surface area contributed by atoms with Crippen molar-refractivity contribution in [1.29, 1.82) is 0 Å². The number of thiocarbonyl (C=S) groups is 1. The van der Waals surface area contributed by atoms with Gasteiger partial charge in [-0.2, -0.15) is 18.3 Å². The first kappa shape index (κ1) is 16.3. The van der Waals surface area contributed by atoms with Crippen LogP contribution in [0.1, 0.15) is 11.3 Å². The van der Waals surface area contributed by atoms with Crippen molar-refractivity contribution in [2.45, 2.75) is 6.18 Å². The topological polar surface area (TPSA) is 49.6 Å². The predicted octanol–water partition coefficient (Wildman–Crippen LogP) is 4.27. The highest BCUT2D eigenvalue weighted by atomic mass is 35.5. The van der Waals surface area contributed by atoms with Crippen LogP contribution in [-0.4, -0.2) is 11.3 Å². The van der Waals surface area contributed by atoms with Crippen molar-refractivity contribution in [2.24, 2.45) is 5.10 Å². The van der Waals surface area contributed by atoms with Crippen LogP contribution in [-0.2, 0) is 6.18 Å². The molecule has 0 bridgehead atoms. The number of halogens is 4. The number of rotatable bonds is 3. The molecule has 4 nitrogen and oxygen atoms in total. The molecule has 2 rings (SSSR count). The van der Waals surface area contributed by atoms with E-state index < -0.39 is 11.7 Å². The Bertz CT molecular complexity index is 686. The fourth-order valence-corrected chi connectivity index (χ4v) is 1.79. The number of anilines is 1. The molecule has 0 saturated heterocycles. The van der Waals surface area contributed by atoms with E-state index in [2.05, 4.69) is 15.8 Å². The van der Waals surface area contributed by atoms with Gasteiger partial charge >= 0.3 is 6.18 Å². The first-order valence-corrected chi connectivity index (χ1v) is 6.65. The average molecular weight is 348 g/mol. The van der Waals surface area contributed by atoms with Gasteiger partial charge in [-0.3, -0.25) is 5.43 Å². The van der Waals surface area contributed by atoms with Crippen LogP contribution in [0, 0.1) is 0 Å². The van der Waals surface area contributed by atoms with Crippen LogP contribution in [0.15, 0.2) is 46.1 Å². The lowest BCUT2D eigenvalue weighted by molar-refractivity contribution is -0.137. The lowest BCUT2D eigenvalue weighted by Crippen LogP contribution is -2.24. The van der Waals surface area contributed by atoms with E-state index in [1.54, 1.807) is 12.1 Å². The predicted molar refractivity (Wildman–Crippen MR) is 82.1 cm³/mol. The molecule has 1 aromatic heterocycles. The smallest absolute Gasteiger partial charge is 0.416 e. The summed E-state index contributed by atoms with van der Waals surface area (Å²) in [5.74, 6) is 0.493. The number of hydrogen-bond donors (Lipinski definition) is 2. The van der Waals surface area contributed by atoms with Gasteiger partial charge in [0.1, 0.15) is 5.76 Å². The molecule has 0 spiro atoms. The van der Waals surface area contributed by atoms with Crippen molar-refractivity contribution in [3.05, 3.63) is 52.9 Å². The Labute approximate surface area is 134 Å². The Balaban J connectivity index is 2.02. The minimum atomic E-state index is -4.46. The number of benzene rings is 1. The number of nitrogens with zero attached hydrogens (tertiary/aromatic N) is 1. The third-order valence-corrected chi connectivity index (χ3v) is 2.97. The van der Waals surface area contributed by atoms with E-state index in [0.29, 0.717) is 5.76 Å². The summed E-state index contributed by atoms with van der Waals surface area (Å²) in [7, 11) is 0. The molecule has 0 aliphatic carbocycles. The van der Waals surface area contributed by atoms with Crippen LogP contribution in [0.5, 0.6) is 0 Å². The Hall–Kier alpha value is -2.06. The van der Waals surface area contributed by atoms with E-state index in [0.717, 1.165) is 18.2 Å². The molecule has 0 atom stereocenters. The summed E-state index contributed by atoms with van der Waals surface area (Å²) in [5.41, 5.74) is 1.64. The lowest BCUT2D eigenvalue weighted by Gasteiger charge is -2.12. The highest BCUT2D eigenvalue weighted by Gasteiger charge is 2.31. The minimum Gasteiger partial charge on any atom is -0.463 e. The summed E-state index contributed by atoms with van der Waals surface area (Å²) < 4.78 is 42.9. The molecule has 2 N–H and O–H groups in total. The maximum atomic E-state index is 12.6. The largest absolute Gasteiger partial charge is 0.463 e. The van der Waals surface area contributed by atoms with E-state index in [4.69, 9.17) is 28.2 Å². The highest BCUT2D eigenvalue weighted by Crippen LogP contribution is 2.33. The lowest BCUT2D eigenvalue weighted by atomic mass is 10.2. The van der Waals surface area contributed by atoms with Crippen molar-refractivity contribution < 1.29 is 17.6 Å². The molecule has 0 aliphatic rings. The Morgan fingerprint density at radius 1 is 1.32 bits per heavy atom. The molecule has 9 heteroatoms. The zero-order valence-electron chi connectivity index (χ0n) is 10.8. The maximum Gasteiger partial charge on any atom is 0.416 e. The van der Waals surface area contributed by atoms with Gasteiger partial charge in [-0.1, -0.05) is 11.6 Å². The van der Waals surface area contributed by atoms with Gasteiger partial charge in [0, 0.05) is 0 Å². The molecular weight excluding hydrogens is 339 g/mol. The summed E-state index contributed by atoms with van der Waals surface area (Å²) in [5, 5.41) is 6.41. The van der Waals surface area contributed by atoms with Crippen molar-refractivity contribution in [3.63, 3.8) is 0 Å². The Morgan fingerprint density at radius 2 is 2.09 bits per heavy atom. The van der Waals surface area contributed by atoms with Gasteiger partial charge in [0.05, 0.1) is 28.8 Å². The second-order valence-corrected chi connectivity index (χ2v) is 4.85. The number of hydrogen-bond acceptors (Lipinski definition) is 3. The Kier molecular flexibility index (Phi) is 5.04. The van der Waals surface area contributed by atoms with Gasteiger partial charge in [-0.15, -0.1) is 0 Å². The second-order valence-electron chi connectivity index (χ2n) is 4.03. The monoisotopic (exact) mass is 347 g/mol. The van der Waals surface area contributed by atoms with Crippen molar-refractivity contribution in [3.8, 4) is 0 Å². The molecule has 0 unspecified atom stereocenters. The van der Waals surface area contributed by atoms with Gasteiger partial charge in [0.2, 0.25) is 0 Å². The zero-order chi connectivity index (χ0) is 16.2. The van der Waals surface area contributed by atoms with E-state index in [9.17, 15) is 13.2 Å². The average Bonchev–Trinajstić information content (AvgIpc) is 2.93. The molecule has 0 aliphatic heterocycles. The quantitative estimate of drug-likeness (QED) is 0.494. The van der Waals surface area contributed by atoms with E-state index in [-0.39, 0.29) is 15.8 Å². The fraction of sp³-hybridized carbons (Fsp3) is 0.0769. The number of hydrazone groups is 1. The minimum absolute atomic E-state index is 0.0102. The van der Waals surface area contributed by atoms with Crippen LogP contribution >= 0.6 is 23.8 Å². The van der Waals surface area contributed by atoms with Gasteiger partial charge < -0.3 is 9.73 Å². The molecule has 1 heterocycles. The first-order chi connectivity index (χ1) is 10.4. The first-order valence-electron chi connectivity index (χ1n) is 5.86. The number of alkyl halides is 3. The molecule has 0 radical (unpaired) electrons. The van der Waals surface area contributed by atoms with Crippen LogP contribution in [0.25, 0.3) is 0 Å². The molecule has 1 aromatic carbocycles. The SMILES string of the molecule is FC(F)(F)c1ccc(Cl)c(NC(=S)N/N=C/c2ccco2)c1. The van der Waals surface area contributed by atoms with Crippen molar-refractivity contribution >= 4 is 40.8 Å². The van der Waals surface area contributed by atoms with Gasteiger partial charge in [-0.05, 0) is 42.5 Å². The standard InChI is InChI=1S/C13H9ClF3N3OS/c14-10-4-3-8(13(15,16)17)6-11(10)19-12(22)20-18-7-9-2-1-5-21-9/h1-7H,(H2,19,20,22)/b18-7+. The molecular formula is C13H9ClF3N3OS. The molecule has 2 aromatic rings. The third kappa shape index (κ3) is 4.47. The van der Waals surface area contributed by atoms with Crippen LogP contribution < -0.4 is 10.7 Å². The molecule has 0 saturated carbocycles. The van der Waals surface area contributed by atoms with Crippen molar-refractivity contribution in [1.82, 2.24) is 5.43 Å². The Morgan fingerprint density at radius 3 is 2.73 bits per heavy atom. The normalized spacial score (nSPS) is 11.6. The number of furan rings is 1. The molecule has 0 fully saturated rings. The van der Waals surface area contributed by atoms with Gasteiger partial charge in [0.15, 0.2) is 5.11 Å². The number of nitrogens with one attached hydrogen (secondary N) is 2. The van der Waals surface area contributed by atoms with Gasteiger partial charge in [-0.25, -0.2) is 0 Å². The summed E-state index contributed by atoms with van der Waals surface area (Å²) in [4.78, 5) is 0. The van der Waals surface area contributed by atoms with E-state index in [1.807, 2.05) is 0 Å². The van der Waals surface area contributed by atoms with Crippen molar-refractivity contribution in [2.75, 3.05) is 5.32 Å². The summed E-state index contributed by atoms with van der Waals surface area (Å²) >= 11 is 10.8. The highest BCUT2D eigenvalue weighted by molar-refractivity contribution is 7.80. The van der Waals surface area contributed by atoms with Crippen LogP contribution in [0.4, 0.5) is 18.9 Å². The molecule has 116 valence electrons. The van der Waals surface area contributed by atoms with E-state index in [1.165, 1.54) is 12.5 Å². The summed E-state index contributed by atoms with van der Waals surface area (Å²) in [6.07, 6.45) is -1.63. The van der Waals surface area contributed by atoms with Crippen LogP contribution in [0.3, 0.4) is 0 Å². The van der Waals surface area contributed by atoms with E-state index >= 15 is 0 Å². The molecule has 22 heavy (non-hydrogen) atoms. The maximum absolute atomic E-state index is 12.6. The van der Waals surface area contributed by atoms with Crippen LogP contribution in [0.2, 0.25) is 5.02 Å². The van der Waals surface area contributed by atoms with Gasteiger partial charge in [0.25, 0.3) is 0 Å². The second kappa shape index (κ2) is 6.80. The summed E-state index contributed by atoms with van der Waals surface area (Å²) in [6, 6.07) is 6.25.